The SMILES string of the molecule is O=C(O)CCOCCOCCOCCN(CCOCCOCCOCCC(=O)O)C(=O)CCOCCNC(=O)OCC1c2ccccc2-c2ccccc21. The highest BCUT2D eigenvalue weighted by molar-refractivity contribution is 5.79. The summed E-state index contributed by atoms with van der Waals surface area (Å²) in [4.78, 5) is 48.1. The fourth-order valence-corrected chi connectivity index (χ4v) is 5.41. The normalized spacial score (nSPS) is 11.9. The lowest BCUT2D eigenvalue weighted by Gasteiger charge is -2.23. The lowest BCUT2D eigenvalue weighted by Crippen LogP contribution is -2.37. The van der Waals surface area contributed by atoms with Crippen molar-refractivity contribution < 1.29 is 67.3 Å². The molecule has 16 heteroatoms. The molecule has 3 rings (SSSR count). The van der Waals surface area contributed by atoms with E-state index in [1.807, 2.05) is 24.3 Å². The monoisotopic (exact) mass is 762 g/mol. The van der Waals surface area contributed by atoms with E-state index in [0.717, 1.165) is 22.3 Å². The van der Waals surface area contributed by atoms with Crippen molar-refractivity contribution in [3.8, 4) is 11.1 Å². The van der Waals surface area contributed by atoms with Crippen molar-refractivity contribution in [3.63, 3.8) is 0 Å². The Morgan fingerprint density at radius 2 is 0.944 bits per heavy atom. The number of hydrogen-bond donors (Lipinski definition) is 3. The van der Waals surface area contributed by atoms with Gasteiger partial charge in [-0.1, -0.05) is 48.5 Å². The first-order valence-corrected chi connectivity index (χ1v) is 18.2. The summed E-state index contributed by atoms with van der Waals surface area (Å²) < 4.78 is 43.6. The number of carboxylic acid groups (broad SMARTS) is 2. The van der Waals surface area contributed by atoms with E-state index in [4.69, 9.17) is 48.1 Å². The van der Waals surface area contributed by atoms with Crippen molar-refractivity contribution in [2.45, 2.75) is 25.2 Å². The number of alkyl carbamates (subject to hydrolysis) is 1. The Bertz CT molecular complexity index is 1310. The number of hydrogen-bond acceptors (Lipinski definition) is 12. The van der Waals surface area contributed by atoms with Crippen molar-refractivity contribution in [1.82, 2.24) is 10.2 Å². The molecule has 1 aliphatic rings. The lowest BCUT2D eigenvalue weighted by molar-refractivity contribution is -0.139. The molecule has 0 heterocycles. The van der Waals surface area contributed by atoms with Gasteiger partial charge in [-0.05, 0) is 22.3 Å². The fourth-order valence-electron chi connectivity index (χ4n) is 5.41. The standard InChI is InChI=1S/C38H54N2O14/c41-35(9-15-47-18-12-39-38(46)54-29-34-32-7-3-1-5-30(32)31-6-2-4-8-33(31)34)40(13-19-50-23-27-52-25-21-48-16-10-36(42)43)14-20-51-24-28-53-26-22-49-17-11-37(44)45/h1-8,34H,9-29H2,(H,39,46)(H,42,43)(H,44,45). The van der Waals surface area contributed by atoms with Gasteiger partial charge in [-0.3, -0.25) is 14.4 Å². The van der Waals surface area contributed by atoms with Crippen LogP contribution in [0.5, 0.6) is 0 Å². The van der Waals surface area contributed by atoms with Crippen LogP contribution >= 0.6 is 0 Å². The molecule has 0 unspecified atom stereocenters. The highest BCUT2D eigenvalue weighted by atomic mass is 16.6. The third-order valence-corrected chi connectivity index (χ3v) is 8.09. The summed E-state index contributed by atoms with van der Waals surface area (Å²) >= 11 is 0. The topological polar surface area (TPSA) is 198 Å². The fraction of sp³-hybridized carbons (Fsp3) is 0.579. The summed E-state index contributed by atoms with van der Waals surface area (Å²) in [6, 6.07) is 16.3. The molecule has 2 aromatic carbocycles. The van der Waals surface area contributed by atoms with Crippen LogP contribution in [-0.2, 0) is 52.3 Å². The third-order valence-electron chi connectivity index (χ3n) is 8.09. The molecule has 2 aromatic rings. The van der Waals surface area contributed by atoms with Gasteiger partial charge in [0, 0.05) is 25.6 Å². The van der Waals surface area contributed by atoms with Crippen LogP contribution in [0.25, 0.3) is 11.1 Å². The summed E-state index contributed by atoms with van der Waals surface area (Å²) in [5.41, 5.74) is 4.59. The molecule has 0 aromatic heterocycles. The van der Waals surface area contributed by atoms with Crippen LogP contribution in [0, 0.1) is 0 Å². The number of ether oxygens (including phenoxy) is 8. The van der Waals surface area contributed by atoms with Gasteiger partial charge < -0.3 is 58.3 Å². The maximum absolute atomic E-state index is 13.0. The largest absolute Gasteiger partial charge is 0.481 e. The highest BCUT2D eigenvalue weighted by Crippen LogP contribution is 2.44. The number of carbonyl (C=O) groups excluding carboxylic acids is 2. The number of carbonyl (C=O) groups is 4. The Morgan fingerprint density at radius 3 is 1.43 bits per heavy atom. The number of fused-ring (bicyclic) bond motifs is 3. The summed E-state index contributed by atoms with van der Waals surface area (Å²) in [5, 5.41) is 19.9. The zero-order chi connectivity index (χ0) is 38.6. The van der Waals surface area contributed by atoms with Crippen LogP contribution in [0.4, 0.5) is 4.79 Å². The molecule has 300 valence electrons. The van der Waals surface area contributed by atoms with Crippen LogP contribution in [0.1, 0.15) is 36.3 Å². The van der Waals surface area contributed by atoms with Crippen LogP contribution in [0.3, 0.4) is 0 Å². The molecule has 0 aliphatic heterocycles. The van der Waals surface area contributed by atoms with E-state index in [1.54, 1.807) is 4.90 Å². The first kappa shape index (κ1) is 44.2. The van der Waals surface area contributed by atoms with Gasteiger partial charge in [0.1, 0.15) is 6.61 Å². The van der Waals surface area contributed by atoms with E-state index < -0.39 is 18.0 Å². The molecule has 0 bridgehead atoms. The Kier molecular flexibility index (Phi) is 22.5. The molecule has 0 radical (unpaired) electrons. The molecule has 2 amide bonds. The number of nitrogens with zero attached hydrogens (tertiary/aromatic N) is 1. The van der Waals surface area contributed by atoms with Gasteiger partial charge in [0.2, 0.25) is 5.91 Å². The van der Waals surface area contributed by atoms with Gasteiger partial charge in [-0.15, -0.1) is 0 Å². The molecule has 54 heavy (non-hydrogen) atoms. The smallest absolute Gasteiger partial charge is 0.407 e. The van der Waals surface area contributed by atoms with Crippen LogP contribution in [0.15, 0.2) is 48.5 Å². The van der Waals surface area contributed by atoms with Gasteiger partial charge in [0.05, 0.1) is 112 Å². The number of rotatable bonds is 32. The Labute approximate surface area is 315 Å². The maximum Gasteiger partial charge on any atom is 0.407 e. The molecular formula is C38H54N2O14. The predicted molar refractivity (Wildman–Crippen MR) is 195 cm³/mol. The van der Waals surface area contributed by atoms with Crippen molar-refractivity contribution >= 4 is 23.9 Å². The quantitative estimate of drug-likeness (QED) is 0.0920. The minimum atomic E-state index is -0.917. The number of benzene rings is 2. The highest BCUT2D eigenvalue weighted by Gasteiger charge is 2.29. The average Bonchev–Trinajstić information content (AvgIpc) is 3.48. The maximum atomic E-state index is 13.0. The molecule has 0 atom stereocenters. The zero-order valence-corrected chi connectivity index (χ0v) is 30.8. The predicted octanol–water partition coefficient (Wildman–Crippen LogP) is 2.81. The number of carboxylic acids is 2. The molecule has 0 saturated carbocycles. The number of nitrogens with one attached hydrogen (secondary N) is 1. The molecule has 1 aliphatic carbocycles. The van der Waals surface area contributed by atoms with E-state index in [0.29, 0.717) is 52.7 Å². The summed E-state index contributed by atoms with van der Waals surface area (Å²) in [6.45, 7) is 4.74. The van der Waals surface area contributed by atoms with Crippen LogP contribution in [0.2, 0.25) is 0 Å². The second-order valence-corrected chi connectivity index (χ2v) is 12.0. The summed E-state index contributed by atoms with van der Waals surface area (Å²) in [5.74, 6) is -2.01. The molecule has 0 spiro atoms. The van der Waals surface area contributed by atoms with Crippen LogP contribution in [-0.4, -0.2) is 158 Å². The van der Waals surface area contributed by atoms with Gasteiger partial charge in [-0.25, -0.2) is 4.79 Å². The van der Waals surface area contributed by atoms with Gasteiger partial charge in [0.25, 0.3) is 0 Å². The first-order valence-electron chi connectivity index (χ1n) is 18.2. The van der Waals surface area contributed by atoms with Crippen LogP contribution < -0.4 is 5.32 Å². The molecule has 0 saturated heterocycles. The molecule has 3 N–H and O–H groups in total. The summed E-state index contributed by atoms with van der Waals surface area (Å²) in [7, 11) is 0. The van der Waals surface area contributed by atoms with E-state index in [1.165, 1.54) is 0 Å². The van der Waals surface area contributed by atoms with E-state index >= 15 is 0 Å². The van der Waals surface area contributed by atoms with E-state index in [2.05, 4.69) is 29.6 Å². The van der Waals surface area contributed by atoms with Crippen molar-refractivity contribution in [1.29, 1.82) is 0 Å². The minimum Gasteiger partial charge on any atom is -0.481 e. The van der Waals surface area contributed by atoms with E-state index in [9.17, 15) is 19.2 Å². The Morgan fingerprint density at radius 1 is 0.537 bits per heavy atom. The first-order chi connectivity index (χ1) is 26.4. The van der Waals surface area contributed by atoms with Crippen molar-refractivity contribution in [3.05, 3.63) is 59.7 Å². The van der Waals surface area contributed by atoms with Gasteiger partial charge in [0.15, 0.2) is 0 Å². The number of aliphatic carboxylic acids is 2. The third kappa shape index (κ3) is 18.2. The minimum absolute atomic E-state index is 0.0304. The molecule has 0 fully saturated rings. The van der Waals surface area contributed by atoms with Gasteiger partial charge >= 0.3 is 18.0 Å². The Balaban J connectivity index is 1.28. The van der Waals surface area contributed by atoms with E-state index in [-0.39, 0.29) is 97.1 Å². The molecular weight excluding hydrogens is 708 g/mol. The van der Waals surface area contributed by atoms with Gasteiger partial charge in [-0.2, -0.15) is 0 Å². The van der Waals surface area contributed by atoms with Crippen molar-refractivity contribution in [2.24, 2.45) is 0 Å². The summed E-state index contributed by atoms with van der Waals surface area (Å²) in [6.07, 6.45) is -0.526. The Hall–Kier alpha value is -4.16. The zero-order valence-electron chi connectivity index (χ0n) is 30.8. The average molecular weight is 763 g/mol. The second kappa shape index (κ2) is 27.4. The van der Waals surface area contributed by atoms with Crippen molar-refractivity contribution in [2.75, 3.05) is 119 Å². The number of amides is 2. The molecule has 16 nitrogen and oxygen atoms in total. The lowest BCUT2D eigenvalue weighted by atomic mass is 9.98. The second-order valence-electron chi connectivity index (χ2n) is 12.0.